The summed E-state index contributed by atoms with van der Waals surface area (Å²) in [6.07, 6.45) is 3.34. The smallest absolute Gasteiger partial charge is 0.243 e. The third-order valence-electron chi connectivity index (χ3n) is 1.97. The Kier molecular flexibility index (Phi) is 4.40. The molecule has 0 radical (unpaired) electrons. The van der Waals surface area contributed by atoms with E-state index in [1.165, 1.54) is 11.0 Å². The molecule has 1 aromatic rings. The molecule has 0 aliphatic heterocycles. The van der Waals surface area contributed by atoms with E-state index in [0.717, 1.165) is 12.8 Å². The summed E-state index contributed by atoms with van der Waals surface area (Å²) in [6, 6.07) is 4.20. The van der Waals surface area contributed by atoms with E-state index in [-0.39, 0.29) is 11.9 Å². The molecule has 1 N–H and O–H groups in total. The van der Waals surface area contributed by atoms with Crippen LogP contribution in [0.4, 0.5) is 0 Å². The summed E-state index contributed by atoms with van der Waals surface area (Å²) in [5.74, 6) is -0.100. The molecule has 1 atom stereocenters. The van der Waals surface area contributed by atoms with Gasteiger partial charge in [0.2, 0.25) is 5.91 Å². The van der Waals surface area contributed by atoms with Crippen LogP contribution in [0, 0.1) is 0 Å². The van der Waals surface area contributed by atoms with Crippen LogP contribution in [-0.2, 0) is 4.79 Å². The highest BCUT2D eigenvalue weighted by Crippen LogP contribution is 2.22. The number of hydrogen-bond acceptors (Lipinski definition) is 2. The average molecular weight is 209 g/mol. The summed E-state index contributed by atoms with van der Waals surface area (Å²) in [7, 11) is 0. The Bertz CT molecular complexity index is 292. The lowest BCUT2D eigenvalue weighted by Gasteiger charge is -2.15. The van der Waals surface area contributed by atoms with Crippen molar-refractivity contribution in [1.82, 2.24) is 5.32 Å². The molecule has 1 unspecified atom stereocenters. The number of amides is 1. The molecular formula is C11H15NOS. The molecule has 2 nitrogen and oxygen atoms in total. The molecule has 0 bridgehead atoms. The maximum atomic E-state index is 11.2. The van der Waals surface area contributed by atoms with E-state index in [2.05, 4.69) is 18.8 Å². The van der Waals surface area contributed by atoms with Gasteiger partial charge in [-0.15, -0.1) is 11.3 Å². The first-order chi connectivity index (χ1) is 6.77. The van der Waals surface area contributed by atoms with Crippen molar-refractivity contribution >= 4 is 17.2 Å². The number of thiophene rings is 1. The van der Waals surface area contributed by atoms with E-state index in [1.807, 2.05) is 17.5 Å². The molecule has 0 saturated heterocycles. The Balaban J connectivity index is 2.64. The summed E-state index contributed by atoms with van der Waals surface area (Å²) in [5.41, 5.74) is 0. The van der Waals surface area contributed by atoms with Gasteiger partial charge in [-0.05, 0) is 23.9 Å². The SMILES string of the molecule is C=CC(=O)NC(CCC)c1cccs1. The monoisotopic (exact) mass is 209 g/mol. The summed E-state index contributed by atoms with van der Waals surface area (Å²) in [4.78, 5) is 12.4. The highest BCUT2D eigenvalue weighted by molar-refractivity contribution is 7.10. The first-order valence-corrected chi connectivity index (χ1v) is 5.62. The fraction of sp³-hybridized carbons (Fsp3) is 0.364. The molecule has 1 heterocycles. The number of carbonyl (C=O) groups excluding carboxylic acids is 1. The van der Waals surface area contributed by atoms with Crippen LogP contribution in [0.15, 0.2) is 30.2 Å². The molecule has 0 aromatic carbocycles. The number of rotatable bonds is 5. The van der Waals surface area contributed by atoms with Crippen LogP contribution in [0.25, 0.3) is 0 Å². The van der Waals surface area contributed by atoms with Gasteiger partial charge in [-0.2, -0.15) is 0 Å². The van der Waals surface area contributed by atoms with Crippen LogP contribution in [0.2, 0.25) is 0 Å². The van der Waals surface area contributed by atoms with Crippen LogP contribution >= 0.6 is 11.3 Å². The van der Waals surface area contributed by atoms with Gasteiger partial charge in [0, 0.05) is 4.88 Å². The van der Waals surface area contributed by atoms with Crippen molar-refractivity contribution in [3.05, 3.63) is 35.0 Å². The minimum Gasteiger partial charge on any atom is -0.345 e. The van der Waals surface area contributed by atoms with Gasteiger partial charge in [0.15, 0.2) is 0 Å². The van der Waals surface area contributed by atoms with Crippen molar-refractivity contribution in [3.63, 3.8) is 0 Å². The van der Waals surface area contributed by atoms with Crippen molar-refractivity contribution in [2.75, 3.05) is 0 Å². The number of hydrogen-bond donors (Lipinski definition) is 1. The van der Waals surface area contributed by atoms with Gasteiger partial charge in [0.25, 0.3) is 0 Å². The van der Waals surface area contributed by atoms with Crippen molar-refractivity contribution in [3.8, 4) is 0 Å². The lowest BCUT2D eigenvalue weighted by Crippen LogP contribution is -2.25. The average Bonchev–Trinajstić information content (AvgIpc) is 2.69. The molecule has 1 amide bonds. The van der Waals surface area contributed by atoms with Crippen LogP contribution in [0.1, 0.15) is 30.7 Å². The Labute approximate surface area is 88.6 Å². The topological polar surface area (TPSA) is 29.1 Å². The molecular weight excluding hydrogens is 194 g/mol. The van der Waals surface area contributed by atoms with Crippen molar-refractivity contribution in [2.24, 2.45) is 0 Å². The fourth-order valence-corrected chi connectivity index (χ4v) is 2.11. The Morgan fingerprint density at radius 1 is 1.79 bits per heavy atom. The molecule has 0 aliphatic carbocycles. The zero-order valence-corrected chi connectivity index (χ0v) is 9.14. The summed E-state index contributed by atoms with van der Waals surface area (Å²) in [5, 5.41) is 4.95. The third kappa shape index (κ3) is 3.00. The van der Waals surface area contributed by atoms with Gasteiger partial charge in [-0.1, -0.05) is 26.0 Å². The maximum absolute atomic E-state index is 11.2. The normalized spacial score (nSPS) is 12.1. The van der Waals surface area contributed by atoms with E-state index < -0.39 is 0 Å². The zero-order valence-electron chi connectivity index (χ0n) is 8.32. The van der Waals surface area contributed by atoms with Gasteiger partial charge in [-0.25, -0.2) is 0 Å². The molecule has 1 aromatic heterocycles. The third-order valence-corrected chi connectivity index (χ3v) is 2.95. The van der Waals surface area contributed by atoms with Crippen LogP contribution in [0.5, 0.6) is 0 Å². The van der Waals surface area contributed by atoms with Gasteiger partial charge in [-0.3, -0.25) is 4.79 Å². The molecule has 1 rings (SSSR count). The molecule has 3 heteroatoms. The van der Waals surface area contributed by atoms with E-state index in [1.54, 1.807) is 11.3 Å². The van der Waals surface area contributed by atoms with Crippen molar-refractivity contribution in [1.29, 1.82) is 0 Å². The second-order valence-corrected chi connectivity index (χ2v) is 4.05. The zero-order chi connectivity index (χ0) is 10.4. The summed E-state index contributed by atoms with van der Waals surface area (Å²) < 4.78 is 0. The molecule has 76 valence electrons. The predicted octanol–water partition coefficient (Wildman–Crippen LogP) is 2.89. The van der Waals surface area contributed by atoms with Crippen LogP contribution in [-0.4, -0.2) is 5.91 Å². The highest BCUT2D eigenvalue weighted by atomic mass is 32.1. The lowest BCUT2D eigenvalue weighted by atomic mass is 10.1. The van der Waals surface area contributed by atoms with Gasteiger partial charge >= 0.3 is 0 Å². The van der Waals surface area contributed by atoms with Crippen LogP contribution < -0.4 is 5.32 Å². The minimum atomic E-state index is -0.100. The van der Waals surface area contributed by atoms with Gasteiger partial charge in [0.1, 0.15) is 0 Å². The van der Waals surface area contributed by atoms with E-state index in [0.29, 0.717) is 0 Å². The van der Waals surface area contributed by atoms with Crippen molar-refractivity contribution in [2.45, 2.75) is 25.8 Å². The van der Waals surface area contributed by atoms with Gasteiger partial charge in [0.05, 0.1) is 6.04 Å². The van der Waals surface area contributed by atoms with Crippen LogP contribution in [0.3, 0.4) is 0 Å². The lowest BCUT2D eigenvalue weighted by molar-refractivity contribution is -0.117. The van der Waals surface area contributed by atoms with E-state index in [4.69, 9.17) is 0 Å². The number of carbonyl (C=O) groups is 1. The molecule has 0 fully saturated rings. The fourth-order valence-electron chi connectivity index (χ4n) is 1.29. The largest absolute Gasteiger partial charge is 0.345 e. The Hall–Kier alpha value is -1.09. The second kappa shape index (κ2) is 5.60. The van der Waals surface area contributed by atoms with Crippen molar-refractivity contribution < 1.29 is 4.79 Å². The van der Waals surface area contributed by atoms with E-state index in [9.17, 15) is 4.79 Å². The molecule has 14 heavy (non-hydrogen) atoms. The predicted molar refractivity (Wildman–Crippen MR) is 60.3 cm³/mol. The first-order valence-electron chi connectivity index (χ1n) is 4.74. The number of nitrogens with one attached hydrogen (secondary N) is 1. The highest BCUT2D eigenvalue weighted by Gasteiger charge is 2.12. The Morgan fingerprint density at radius 3 is 3.07 bits per heavy atom. The molecule has 0 spiro atoms. The first kappa shape index (κ1) is 11.0. The maximum Gasteiger partial charge on any atom is 0.243 e. The standard InChI is InChI=1S/C11H15NOS/c1-3-6-9(12-11(13)4-2)10-7-5-8-14-10/h4-5,7-9H,2-3,6H2,1H3,(H,12,13). The molecule has 0 saturated carbocycles. The summed E-state index contributed by atoms with van der Waals surface area (Å²) in [6.45, 7) is 5.56. The quantitative estimate of drug-likeness (QED) is 0.742. The minimum absolute atomic E-state index is 0.100. The Morgan fingerprint density at radius 2 is 2.57 bits per heavy atom. The van der Waals surface area contributed by atoms with Gasteiger partial charge < -0.3 is 5.32 Å². The molecule has 0 aliphatic rings. The summed E-state index contributed by atoms with van der Waals surface area (Å²) >= 11 is 1.67. The second-order valence-electron chi connectivity index (χ2n) is 3.07. The van der Waals surface area contributed by atoms with E-state index >= 15 is 0 Å².